The SMILES string of the molecule is O=C(CCSc1ccccn1)Nc1ccccc1C(=O)O. The van der Waals surface area contributed by atoms with Crippen molar-refractivity contribution in [1.29, 1.82) is 0 Å². The van der Waals surface area contributed by atoms with Gasteiger partial charge < -0.3 is 10.4 Å². The number of hydrogen-bond acceptors (Lipinski definition) is 4. The lowest BCUT2D eigenvalue weighted by atomic mass is 10.2. The number of carbonyl (C=O) groups excluding carboxylic acids is 1. The van der Waals surface area contributed by atoms with Crippen molar-refractivity contribution in [2.45, 2.75) is 11.4 Å². The van der Waals surface area contributed by atoms with Gasteiger partial charge >= 0.3 is 5.97 Å². The van der Waals surface area contributed by atoms with E-state index in [0.717, 1.165) is 5.03 Å². The molecule has 5 nitrogen and oxygen atoms in total. The molecule has 0 aliphatic heterocycles. The molecule has 0 saturated heterocycles. The van der Waals surface area contributed by atoms with E-state index in [9.17, 15) is 9.59 Å². The summed E-state index contributed by atoms with van der Waals surface area (Å²) in [6.07, 6.45) is 1.99. The van der Waals surface area contributed by atoms with Crippen LogP contribution >= 0.6 is 11.8 Å². The summed E-state index contributed by atoms with van der Waals surface area (Å²) in [7, 11) is 0. The first-order valence-corrected chi connectivity index (χ1v) is 7.31. The Kier molecular flexibility index (Phi) is 5.34. The molecule has 0 bridgehead atoms. The molecule has 21 heavy (non-hydrogen) atoms. The van der Waals surface area contributed by atoms with Gasteiger partial charge in [0, 0.05) is 18.4 Å². The molecule has 0 atom stereocenters. The first-order chi connectivity index (χ1) is 10.2. The number of carboxylic acid groups (broad SMARTS) is 1. The van der Waals surface area contributed by atoms with Crippen molar-refractivity contribution in [2.24, 2.45) is 0 Å². The van der Waals surface area contributed by atoms with E-state index in [2.05, 4.69) is 10.3 Å². The number of thioether (sulfide) groups is 1. The van der Waals surface area contributed by atoms with Crippen molar-refractivity contribution < 1.29 is 14.7 Å². The zero-order valence-corrected chi connectivity index (χ0v) is 12.0. The van der Waals surface area contributed by atoms with Crippen molar-refractivity contribution in [3.63, 3.8) is 0 Å². The molecule has 0 saturated carbocycles. The van der Waals surface area contributed by atoms with E-state index >= 15 is 0 Å². The summed E-state index contributed by atoms with van der Waals surface area (Å²) in [5.74, 6) is -0.696. The molecule has 108 valence electrons. The molecular formula is C15H14N2O3S. The lowest BCUT2D eigenvalue weighted by Crippen LogP contribution is -2.15. The number of anilines is 1. The van der Waals surface area contributed by atoms with Gasteiger partial charge in [0.25, 0.3) is 0 Å². The summed E-state index contributed by atoms with van der Waals surface area (Å²) in [6, 6.07) is 11.9. The van der Waals surface area contributed by atoms with Gasteiger partial charge in [0.05, 0.1) is 16.3 Å². The van der Waals surface area contributed by atoms with Crippen molar-refractivity contribution >= 4 is 29.3 Å². The molecule has 0 aliphatic rings. The van der Waals surface area contributed by atoms with Crippen molar-refractivity contribution in [1.82, 2.24) is 4.98 Å². The standard InChI is InChI=1S/C15H14N2O3S/c18-13(8-10-21-14-7-3-4-9-16-14)17-12-6-2-1-5-11(12)15(19)20/h1-7,9H,8,10H2,(H,17,18)(H,19,20). The molecule has 6 heteroatoms. The predicted molar refractivity (Wildman–Crippen MR) is 81.6 cm³/mol. The topological polar surface area (TPSA) is 79.3 Å². The van der Waals surface area contributed by atoms with Crippen molar-refractivity contribution in [3.05, 3.63) is 54.2 Å². The fourth-order valence-corrected chi connectivity index (χ4v) is 2.48. The average Bonchev–Trinajstić information content (AvgIpc) is 2.48. The molecule has 2 aromatic rings. The van der Waals surface area contributed by atoms with Crippen LogP contribution in [0, 0.1) is 0 Å². The number of para-hydroxylation sites is 1. The van der Waals surface area contributed by atoms with E-state index < -0.39 is 5.97 Å². The Morgan fingerprint density at radius 1 is 1.14 bits per heavy atom. The second-order valence-electron chi connectivity index (χ2n) is 4.17. The second-order valence-corrected chi connectivity index (χ2v) is 5.28. The Morgan fingerprint density at radius 3 is 2.62 bits per heavy atom. The number of aromatic nitrogens is 1. The first-order valence-electron chi connectivity index (χ1n) is 6.33. The third-order valence-electron chi connectivity index (χ3n) is 2.65. The van der Waals surface area contributed by atoms with Crippen LogP contribution in [0.2, 0.25) is 0 Å². The Labute approximate surface area is 126 Å². The Morgan fingerprint density at radius 2 is 1.90 bits per heavy atom. The van der Waals surface area contributed by atoms with E-state index in [0.29, 0.717) is 11.4 Å². The van der Waals surface area contributed by atoms with Crippen LogP contribution in [0.4, 0.5) is 5.69 Å². The smallest absolute Gasteiger partial charge is 0.337 e. The van der Waals surface area contributed by atoms with Crippen LogP contribution in [0.3, 0.4) is 0 Å². The number of nitrogens with zero attached hydrogens (tertiary/aromatic N) is 1. The van der Waals surface area contributed by atoms with Crippen LogP contribution < -0.4 is 5.32 Å². The lowest BCUT2D eigenvalue weighted by molar-refractivity contribution is -0.115. The van der Waals surface area contributed by atoms with Gasteiger partial charge in [-0.2, -0.15) is 0 Å². The van der Waals surface area contributed by atoms with Crippen LogP contribution in [0.5, 0.6) is 0 Å². The maximum absolute atomic E-state index is 11.8. The highest BCUT2D eigenvalue weighted by molar-refractivity contribution is 7.99. The second kappa shape index (κ2) is 7.44. The Bertz CT molecular complexity index is 632. The molecule has 0 unspecified atom stereocenters. The summed E-state index contributed by atoms with van der Waals surface area (Å²) >= 11 is 1.48. The van der Waals surface area contributed by atoms with Crippen LogP contribution in [0.25, 0.3) is 0 Å². The highest BCUT2D eigenvalue weighted by Crippen LogP contribution is 2.17. The molecule has 0 radical (unpaired) electrons. The predicted octanol–water partition coefficient (Wildman–Crippen LogP) is 2.90. The minimum absolute atomic E-state index is 0.0863. The molecule has 1 aromatic carbocycles. The zero-order chi connectivity index (χ0) is 15.1. The third-order valence-corrected chi connectivity index (χ3v) is 3.59. The number of amides is 1. The van der Waals surface area contributed by atoms with Crippen LogP contribution in [0.15, 0.2) is 53.7 Å². The van der Waals surface area contributed by atoms with Crippen molar-refractivity contribution in [3.8, 4) is 0 Å². The largest absolute Gasteiger partial charge is 0.478 e. The van der Waals surface area contributed by atoms with Gasteiger partial charge in [-0.05, 0) is 24.3 Å². The number of hydrogen-bond donors (Lipinski definition) is 2. The molecule has 1 amide bonds. The van der Waals surface area contributed by atoms with Gasteiger partial charge in [0.1, 0.15) is 0 Å². The molecule has 0 aliphatic carbocycles. The van der Waals surface area contributed by atoms with Gasteiger partial charge in [0.15, 0.2) is 0 Å². The minimum atomic E-state index is -1.06. The Hall–Kier alpha value is -2.34. The number of carboxylic acids is 1. The molecule has 1 heterocycles. The highest BCUT2D eigenvalue weighted by Gasteiger charge is 2.11. The van der Waals surface area contributed by atoms with Gasteiger partial charge in [-0.3, -0.25) is 4.79 Å². The number of carbonyl (C=O) groups is 2. The monoisotopic (exact) mass is 302 g/mol. The maximum atomic E-state index is 11.8. The van der Waals surface area contributed by atoms with Gasteiger partial charge in [-0.15, -0.1) is 11.8 Å². The summed E-state index contributed by atoms with van der Waals surface area (Å²) < 4.78 is 0. The molecule has 0 fully saturated rings. The first kappa shape index (κ1) is 15.1. The molecule has 0 spiro atoms. The number of nitrogens with one attached hydrogen (secondary N) is 1. The fourth-order valence-electron chi connectivity index (χ4n) is 1.67. The highest BCUT2D eigenvalue weighted by atomic mass is 32.2. The normalized spacial score (nSPS) is 10.1. The van der Waals surface area contributed by atoms with Gasteiger partial charge in [-0.25, -0.2) is 9.78 Å². The van der Waals surface area contributed by atoms with E-state index in [-0.39, 0.29) is 17.9 Å². The number of aromatic carboxylic acids is 1. The van der Waals surface area contributed by atoms with Crippen LogP contribution in [-0.2, 0) is 4.79 Å². The number of rotatable bonds is 6. The molecule has 2 rings (SSSR count). The van der Waals surface area contributed by atoms with E-state index in [1.54, 1.807) is 24.4 Å². The summed E-state index contributed by atoms with van der Waals surface area (Å²) in [4.78, 5) is 27.0. The fraction of sp³-hybridized carbons (Fsp3) is 0.133. The van der Waals surface area contributed by atoms with E-state index in [4.69, 9.17) is 5.11 Å². The molecular weight excluding hydrogens is 288 g/mol. The van der Waals surface area contributed by atoms with Crippen molar-refractivity contribution in [2.75, 3.05) is 11.1 Å². The average molecular weight is 302 g/mol. The van der Waals surface area contributed by atoms with Gasteiger partial charge in [-0.1, -0.05) is 18.2 Å². The summed E-state index contributed by atoms with van der Waals surface area (Å²) in [6.45, 7) is 0. The molecule has 1 aromatic heterocycles. The number of pyridine rings is 1. The number of benzene rings is 1. The zero-order valence-electron chi connectivity index (χ0n) is 11.2. The van der Waals surface area contributed by atoms with Crippen LogP contribution in [-0.4, -0.2) is 27.7 Å². The summed E-state index contributed by atoms with van der Waals surface area (Å²) in [5, 5.41) is 12.5. The van der Waals surface area contributed by atoms with Gasteiger partial charge in [0.2, 0.25) is 5.91 Å². The Balaban J connectivity index is 1.86. The minimum Gasteiger partial charge on any atom is -0.478 e. The third kappa shape index (κ3) is 4.61. The summed E-state index contributed by atoms with van der Waals surface area (Å²) in [5.41, 5.74) is 0.404. The lowest BCUT2D eigenvalue weighted by Gasteiger charge is -2.08. The van der Waals surface area contributed by atoms with Crippen LogP contribution in [0.1, 0.15) is 16.8 Å². The van der Waals surface area contributed by atoms with E-state index in [1.807, 2.05) is 18.2 Å². The van der Waals surface area contributed by atoms with E-state index in [1.165, 1.54) is 17.8 Å². The maximum Gasteiger partial charge on any atom is 0.337 e. The molecule has 2 N–H and O–H groups in total. The quantitative estimate of drug-likeness (QED) is 0.802.